The van der Waals surface area contributed by atoms with Gasteiger partial charge in [-0.25, -0.2) is 9.97 Å². The Morgan fingerprint density at radius 3 is 2.32 bits per heavy atom. The maximum absolute atomic E-state index is 13.4. The number of aromatic nitrogens is 2. The molecule has 0 N–H and O–H groups in total. The SMILES string of the molecule is CN1CCN(C(=O)c2ccc(N3CCCC3)c([N+](=O)[O-])c2)c2nc3ccccc3nc21. The number of nitro benzene ring substituents is 1. The Bertz CT molecular complexity index is 1190. The Kier molecular flexibility index (Phi) is 4.65. The Labute approximate surface area is 179 Å². The minimum Gasteiger partial charge on any atom is -0.366 e. The molecule has 2 aliphatic heterocycles. The summed E-state index contributed by atoms with van der Waals surface area (Å²) < 4.78 is 0. The maximum Gasteiger partial charge on any atom is 0.293 e. The summed E-state index contributed by atoms with van der Waals surface area (Å²) in [7, 11) is 1.92. The number of anilines is 3. The van der Waals surface area contributed by atoms with Crippen LogP contribution in [0.1, 0.15) is 23.2 Å². The molecule has 3 aromatic rings. The number of amides is 1. The van der Waals surface area contributed by atoms with Crippen LogP contribution in [0.2, 0.25) is 0 Å². The molecule has 1 fully saturated rings. The van der Waals surface area contributed by atoms with Crippen LogP contribution in [0.25, 0.3) is 11.0 Å². The topological polar surface area (TPSA) is 95.7 Å². The molecule has 2 aliphatic rings. The predicted octanol–water partition coefficient (Wildman–Crippen LogP) is 3.23. The summed E-state index contributed by atoms with van der Waals surface area (Å²) in [6, 6.07) is 12.3. The van der Waals surface area contributed by atoms with Crippen LogP contribution in [-0.2, 0) is 0 Å². The molecular weight excluding hydrogens is 396 g/mol. The number of carbonyl (C=O) groups is 1. The number of para-hydroxylation sites is 2. The van der Waals surface area contributed by atoms with E-state index in [0.717, 1.165) is 31.4 Å². The first-order chi connectivity index (χ1) is 15.0. The number of likely N-dealkylation sites (N-methyl/N-ethyl adjacent to an activating group) is 1. The van der Waals surface area contributed by atoms with Gasteiger partial charge in [0.1, 0.15) is 5.69 Å². The average molecular weight is 418 g/mol. The number of hydrogen-bond donors (Lipinski definition) is 0. The number of rotatable bonds is 3. The quantitative estimate of drug-likeness (QED) is 0.476. The average Bonchev–Trinajstić information content (AvgIpc) is 3.32. The van der Waals surface area contributed by atoms with E-state index in [1.54, 1.807) is 17.0 Å². The first kappa shape index (κ1) is 19.2. The van der Waals surface area contributed by atoms with Crippen molar-refractivity contribution in [2.75, 3.05) is 47.9 Å². The highest BCUT2D eigenvalue weighted by molar-refractivity contribution is 6.08. The van der Waals surface area contributed by atoms with Crippen LogP contribution in [-0.4, -0.2) is 54.0 Å². The van der Waals surface area contributed by atoms with E-state index in [0.29, 0.717) is 35.9 Å². The zero-order valence-electron chi connectivity index (χ0n) is 17.2. The molecule has 31 heavy (non-hydrogen) atoms. The molecule has 0 saturated carbocycles. The van der Waals surface area contributed by atoms with Gasteiger partial charge in [0.05, 0.1) is 16.0 Å². The number of fused-ring (bicyclic) bond motifs is 2. The molecule has 0 unspecified atom stereocenters. The fourth-order valence-electron chi connectivity index (χ4n) is 4.26. The lowest BCUT2D eigenvalue weighted by Gasteiger charge is -2.33. The second-order valence-corrected chi connectivity index (χ2v) is 7.89. The standard InChI is InChI=1S/C22H22N6O3/c1-25-12-13-27(21-20(25)23-16-6-2-3-7-17(16)24-21)22(29)15-8-9-18(19(14-15)28(30)31)26-10-4-5-11-26/h2-3,6-9,14H,4-5,10-13H2,1H3. The molecule has 0 aliphatic carbocycles. The highest BCUT2D eigenvalue weighted by Crippen LogP contribution is 2.34. The summed E-state index contributed by atoms with van der Waals surface area (Å²) >= 11 is 0. The van der Waals surface area contributed by atoms with Crippen molar-refractivity contribution in [1.29, 1.82) is 0 Å². The van der Waals surface area contributed by atoms with Crippen LogP contribution in [0, 0.1) is 10.1 Å². The van der Waals surface area contributed by atoms with Crippen molar-refractivity contribution < 1.29 is 9.72 Å². The summed E-state index contributed by atoms with van der Waals surface area (Å²) in [6.07, 6.45) is 2.03. The van der Waals surface area contributed by atoms with E-state index in [1.807, 2.05) is 41.1 Å². The molecular formula is C22H22N6O3. The third-order valence-corrected chi connectivity index (χ3v) is 5.92. The molecule has 1 amide bonds. The highest BCUT2D eigenvalue weighted by Gasteiger charge is 2.31. The van der Waals surface area contributed by atoms with Crippen LogP contribution in [0.3, 0.4) is 0 Å². The Morgan fingerprint density at radius 1 is 0.968 bits per heavy atom. The van der Waals surface area contributed by atoms with Crippen molar-refractivity contribution in [1.82, 2.24) is 9.97 Å². The highest BCUT2D eigenvalue weighted by atomic mass is 16.6. The maximum atomic E-state index is 13.4. The smallest absolute Gasteiger partial charge is 0.293 e. The number of benzene rings is 2. The summed E-state index contributed by atoms with van der Waals surface area (Å²) in [5, 5.41) is 11.7. The number of nitrogens with zero attached hydrogens (tertiary/aromatic N) is 6. The van der Waals surface area contributed by atoms with Crippen LogP contribution in [0.5, 0.6) is 0 Å². The van der Waals surface area contributed by atoms with E-state index < -0.39 is 4.92 Å². The van der Waals surface area contributed by atoms with E-state index >= 15 is 0 Å². The lowest BCUT2D eigenvalue weighted by molar-refractivity contribution is -0.384. The fraction of sp³-hybridized carbons (Fsp3) is 0.318. The molecule has 0 bridgehead atoms. The Morgan fingerprint density at radius 2 is 1.65 bits per heavy atom. The fourth-order valence-corrected chi connectivity index (χ4v) is 4.26. The van der Waals surface area contributed by atoms with Gasteiger partial charge in [-0.1, -0.05) is 12.1 Å². The monoisotopic (exact) mass is 418 g/mol. The molecule has 1 aromatic heterocycles. The first-order valence-corrected chi connectivity index (χ1v) is 10.4. The van der Waals surface area contributed by atoms with Crippen molar-refractivity contribution in [3.8, 4) is 0 Å². The lowest BCUT2D eigenvalue weighted by Crippen LogP contribution is -2.43. The summed E-state index contributed by atoms with van der Waals surface area (Å²) in [4.78, 5) is 39.7. The zero-order valence-corrected chi connectivity index (χ0v) is 17.2. The van der Waals surface area contributed by atoms with Crippen LogP contribution in [0.4, 0.5) is 23.0 Å². The van der Waals surface area contributed by atoms with Gasteiger partial charge >= 0.3 is 0 Å². The number of nitro groups is 1. The van der Waals surface area contributed by atoms with E-state index in [9.17, 15) is 14.9 Å². The number of hydrogen-bond acceptors (Lipinski definition) is 7. The van der Waals surface area contributed by atoms with Gasteiger partial charge in [0.2, 0.25) is 0 Å². The third-order valence-electron chi connectivity index (χ3n) is 5.92. The van der Waals surface area contributed by atoms with E-state index in [-0.39, 0.29) is 17.2 Å². The van der Waals surface area contributed by atoms with E-state index in [2.05, 4.69) is 4.98 Å². The molecule has 5 rings (SSSR count). The normalized spacial score (nSPS) is 16.0. The van der Waals surface area contributed by atoms with Gasteiger partial charge in [-0.3, -0.25) is 19.8 Å². The van der Waals surface area contributed by atoms with Crippen LogP contribution in [0.15, 0.2) is 42.5 Å². The summed E-state index contributed by atoms with van der Waals surface area (Å²) in [5.74, 6) is 0.792. The predicted molar refractivity (Wildman–Crippen MR) is 119 cm³/mol. The number of carbonyl (C=O) groups excluding carboxylic acids is 1. The molecule has 2 aromatic carbocycles. The van der Waals surface area contributed by atoms with Gasteiger partial charge in [-0.2, -0.15) is 0 Å². The molecule has 3 heterocycles. The van der Waals surface area contributed by atoms with Crippen molar-refractivity contribution in [2.45, 2.75) is 12.8 Å². The van der Waals surface area contributed by atoms with Gasteiger partial charge < -0.3 is 9.80 Å². The molecule has 158 valence electrons. The zero-order chi connectivity index (χ0) is 21.5. The first-order valence-electron chi connectivity index (χ1n) is 10.4. The molecule has 0 spiro atoms. The summed E-state index contributed by atoms with van der Waals surface area (Å²) in [5.41, 5.74) is 2.27. The van der Waals surface area contributed by atoms with E-state index in [4.69, 9.17) is 4.98 Å². The van der Waals surface area contributed by atoms with Crippen LogP contribution >= 0.6 is 0 Å². The minimum absolute atomic E-state index is 0.0355. The molecule has 9 nitrogen and oxygen atoms in total. The van der Waals surface area contributed by atoms with Gasteiger partial charge in [0.25, 0.3) is 11.6 Å². The van der Waals surface area contributed by atoms with Gasteiger partial charge in [0, 0.05) is 44.9 Å². The van der Waals surface area contributed by atoms with Gasteiger partial charge in [-0.15, -0.1) is 0 Å². The second kappa shape index (κ2) is 7.50. The van der Waals surface area contributed by atoms with Gasteiger partial charge in [-0.05, 0) is 37.1 Å². The minimum atomic E-state index is -0.407. The lowest BCUT2D eigenvalue weighted by atomic mass is 10.1. The summed E-state index contributed by atoms with van der Waals surface area (Å²) in [6.45, 7) is 2.61. The van der Waals surface area contributed by atoms with Crippen LogP contribution < -0.4 is 14.7 Å². The third kappa shape index (κ3) is 3.31. The largest absolute Gasteiger partial charge is 0.366 e. The van der Waals surface area contributed by atoms with Gasteiger partial charge in [0.15, 0.2) is 11.6 Å². The van der Waals surface area contributed by atoms with Crippen molar-refractivity contribution in [2.24, 2.45) is 0 Å². The van der Waals surface area contributed by atoms with Crippen molar-refractivity contribution in [3.63, 3.8) is 0 Å². The van der Waals surface area contributed by atoms with Crippen molar-refractivity contribution in [3.05, 3.63) is 58.1 Å². The second-order valence-electron chi connectivity index (χ2n) is 7.89. The Hall–Kier alpha value is -3.75. The Balaban J connectivity index is 1.55. The van der Waals surface area contributed by atoms with E-state index in [1.165, 1.54) is 6.07 Å². The molecule has 9 heteroatoms. The van der Waals surface area contributed by atoms with Crippen molar-refractivity contribution >= 4 is 40.0 Å². The molecule has 0 atom stereocenters. The molecule has 0 radical (unpaired) electrons. The molecule has 1 saturated heterocycles.